The number of aromatic nitrogens is 1. The lowest BCUT2D eigenvalue weighted by Gasteiger charge is -2.03. The zero-order valence-electron chi connectivity index (χ0n) is 10.5. The van der Waals surface area contributed by atoms with E-state index in [0.717, 1.165) is 5.39 Å². The van der Waals surface area contributed by atoms with E-state index in [4.69, 9.17) is 4.52 Å². The predicted octanol–water partition coefficient (Wildman–Crippen LogP) is 3.15. The highest BCUT2D eigenvalue weighted by Gasteiger charge is 2.12. The van der Waals surface area contributed by atoms with Gasteiger partial charge in [-0.05, 0) is 30.3 Å². The fourth-order valence-electron chi connectivity index (χ4n) is 1.99. The third-order valence-electron chi connectivity index (χ3n) is 2.89. The first-order chi connectivity index (χ1) is 9.72. The van der Waals surface area contributed by atoms with Crippen molar-refractivity contribution >= 4 is 22.6 Å². The molecule has 1 heterocycles. The molecule has 0 aliphatic rings. The SMILES string of the molecule is O=C(Cc1noc2ccccc12)Nc1cccc(F)c1. The summed E-state index contributed by atoms with van der Waals surface area (Å²) in [6.45, 7) is 0. The standard InChI is InChI=1S/C15H11FN2O2/c16-10-4-3-5-11(8-10)17-15(19)9-13-12-6-1-2-7-14(12)20-18-13/h1-8H,9H2,(H,17,19). The summed E-state index contributed by atoms with van der Waals surface area (Å²) in [5.74, 6) is -0.663. The summed E-state index contributed by atoms with van der Waals surface area (Å²) >= 11 is 0. The van der Waals surface area contributed by atoms with Crippen molar-refractivity contribution in [3.63, 3.8) is 0 Å². The van der Waals surface area contributed by atoms with Crippen LogP contribution < -0.4 is 5.32 Å². The Morgan fingerprint density at radius 2 is 2.05 bits per heavy atom. The van der Waals surface area contributed by atoms with Gasteiger partial charge in [-0.25, -0.2) is 4.39 Å². The van der Waals surface area contributed by atoms with Gasteiger partial charge < -0.3 is 9.84 Å². The van der Waals surface area contributed by atoms with Gasteiger partial charge in [0.15, 0.2) is 5.58 Å². The van der Waals surface area contributed by atoms with Crippen LogP contribution in [0, 0.1) is 5.82 Å². The van der Waals surface area contributed by atoms with Crippen molar-refractivity contribution < 1.29 is 13.7 Å². The number of hydrogen-bond acceptors (Lipinski definition) is 3. The minimum Gasteiger partial charge on any atom is -0.356 e. The summed E-state index contributed by atoms with van der Waals surface area (Å²) in [7, 11) is 0. The Morgan fingerprint density at radius 1 is 1.20 bits per heavy atom. The monoisotopic (exact) mass is 270 g/mol. The second-order valence-corrected chi connectivity index (χ2v) is 4.36. The van der Waals surface area contributed by atoms with Gasteiger partial charge in [0.1, 0.15) is 11.5 Å². The van der Waals surface area contributed by atoms with E-state index in [2.05, 4.69) is 10.5 Å². The van der Waals surface area contributed by atoms with Crippen LogP contribution in [0.5, 0.6) is 0 Å². The Bertz CT molecular complexity index is 767. The summed E-state index contributed by atoms with van der Waals surface area (Å²) in [4.78, 5) is 11.9. The maximum atomic E-state index is 13.0. The van der Waals surface area contributed by atoms with Gasteiger partial charge in [0.2, 0.25) is 5.91 Å². The number of fused-ring (bicyclic) bond motifs is 1. The Balaban J connectivity index is 1.76. The molecule has 20 heavy (non-hydrogen) atoms. The van der Waals surface area contributed by atoms with Crippen LogP contribution in [0.3, 0.4) is 0 Å². The van der Waals surface area contributed by atoms with E-state index >= 15 is 0 Å². The molecule has 3 rings (SSSR count). The van der Waals surface area contributed by atoms with Crippen molar-refractivity contribution in [1.29, 1.82) is 0 Å². The zero-order valence-corrected chi connectivity index (χ0v) is 10.5. The highest BCUT2D eigenvalue weighted by molar-refractivity contribution is 5.94. The molecule has 1 amide bonds. The van der Waals surface area contributed by atoms with Crippen LogP contribution in [0.2, 0.25) is 0 Å². The predicted molar refractivity (Wildman–Crippen MR) is 72.7 cm³/mol. The maximum absolute atomic E-state index is 13.0. The summed E-state index contributed by atoms with van der Waals surface area (Å²) < 4.78 is 18.2. The van der Waals surface area contributed by atoms with Gasteiger partial charge in [-0.15, -0.1) is 0 Å². The number of halogens is 1. The molecule has 0 saturated carbocycles. The molecule has 5 heteroatoms. The summed E-state index contributed by atoms with van der Waals surface area (Å²) in [6.07, 6.45) is 0.0769. The second-order valence-electron chi connectivity index (χ2n) is 4.36. The van der Waals surface area contributed by atoms with E-state index in [9.17, 15) is 9.18 Å². The molecule has 0 aliphatic heterocycles. The quantitative estimate of drug-likeness (QED) is 0.795. The van der Waals surface area contributed by atoms with Crippen molar-refractivity contribution in [1.82, 2.24) is 5.16 Å². The average Bonchev–Trinajstić information content (AvgIpc) is 2.82. The van der Waals surface area contributed by atoms with E-state index in [0.29, 0.717) is 17.0 Å². The van der Waals surface area contributed by atoms with E-state index in [1.165, 1.54) is 18.2 Å². The van der Waals surface area contributed by atoms with Crippen LogP contribution in [0.1, 0.15) is 5.69 Å². The smallest absolute Gasteiger partial charge is 0.230 e. The normalized spacial score (nSPS) is 10.7. The van der Waals surface area contributed by atoms with Crippen LogP contribution in [0.4, 0.5) is 10.1 Å². The Hall–Kier alpha value is -2.69. The number of benzene rings is 2. The molecular weight excluding hydrogens is 259 g/mol. The topological polar surface area (TPSA) is 55.1 Å². The van der Waals surface area contributed by atoms with Gasteiger partial charge in [0.05, 0.1) is 6.42 Å². The highest BCUT2D eigenvalue weighted by atomic mass is 19.1. The molecule has 0 bridgehead atoms. The Morgan fingerprint density at radius 3 is 2.90 bits per heavy atom. The largest absolute Gasteiger partial charge is 0.356 e. The molecule has 1 aromatic heterocycles. The maximum Gasteiger partial charge on any atom is 0.230 e. The van der Waals surface area contributed by atoms with Crippen LogP contribution in [-0.4, -0.2) is 11.1 Å². The van der Waals surface area contributed by atoms with Gasteiger partial charge in [0, 0.05) is 11.1 Å². The third kappa shape index (κ3) is 2.51. The molecule has 0 unspecified atom stereocenters. The molecule has 100 valence electrons. The molecule has 0 fully saturated rings. The van der Waals surface area contributed by atoms with Crippen LogP contribution in [-0.2, 0) is 11.2 Å². The average molecular weight is 270 g/mol. The molecule has 1 N–H and O–H groups in total. The van der Waals surface area contributed by atoms with E-state index in [1.54, 1.807) is 12.1 Å². The minimum atomic E-state index is -0.394. The molecule has 0 radical (unpaired) electrons. The van der Waals surface area contributed by atoms with Gasteiger partial charge >= 0.3 is 0 Å². The van der Waals surface area contributed by atoms with Crippen LogP contribution >= 0.6 is 0 Å². The first-order valence-electron chi connectivity index (χ1n) is 6.11. The summed E-state index contributed by atoms with van der Waals surface area (Å²) in [5.41, 5.74) is 1.62. The lowest BCUT2D eigenvalue weighted by atomic mass is 10.1. The molecule has 4 nitrogen and oxygen atoms in total. The lowest BCUT2D eigenvalue weighted by Crippen LogP contribution is -2.14. The first kappa shape index (κ1) is 12.3. The van der Waals surface area contributed by atoms with E-state index < -0.39 is 5.82 Å². The van der Waals surface area contributed by atoms with Gasteiger partial charge in [-0.2, -0.15) is 0 Å². The third-order valence-corrected chi connectivity index (χ3v) is 2.89. The number of carbonyl (C=O) groups excluding carboxylic acids is 1. The summed E-state index contributed by atoms with van der Waals surface area (Å²) in [6, 6.07) is 13.1. The summed E-state index contributed by atoms with van der Waals surface area (Å²) in [5, 5.41) is 7.32. The molecule has 3 aromatic rings. The number of carbonyl (C=O) groups is 1. The van der Waals surface area contributed by atoms with E-state index in [1.807, 2.05) is 18.2 Å². The number of nitrogens with zero attached hydrogens (tertiary/aromatic N) is 1. The molecule has 0 saturated heterocycles. The number of amides is 1. The molecule has 2 aromatic carbocycles. The zero-order chi connectivity index (χ0) is 13.9. The molecule has 0 aliphatic carbocycles. The molecule has 0 atom stereocenters. The second kappa shape index (κ2) is 5.13. The van der Waals surface area contributed by atoms with Gasteiger partial charge in [0.25, 0.3) is 0 Å². The van der Waals surface area contributed by atoms with E-state index in [-0.39, 0.29) is 12.3 Å². The van der Waals surface area contributed by atoms with Crippen molar-refractivity contribution in [3.8, 4) is 0 Å². The molecular formula is C15H11FN2O2. The Labute approximate surface area is 114 Å². The van der Waals surface area contributed by atoms with Gasteiger partial charge in [-0.1, -0.05) is 23.4 Å². The van der Waals surface area contributed by atoms with Crippen molar-refractivity contribution in [2.45, 2.75) is 6.42 Å². The fraction of sp³-hybridized carbons (Fsp3) is 0.0667. The lowest BCUT2D eigenvalue weighted by molar-refractivity contribution is -0.115. The van der Waals surface area contributed by atoms with Crippen LogP contribution in [0.15, 0.2) is 53.1 Å². The number of anilines is 1. The number of para-hydroxylation sites is 1. The van der Waals surface area contributed by atoms with Crippen molar-refractivity contribution in [2.75, 3.05) is 5.32 Å². The minimum absolute atomic E-state index is 0.0769. The fourth-order valence-corrected chi connectivity index (χ4v) is 1.99. The highest BCUT2D eigenvalue weighted by Crippen LogP contribution is 2.18. The molecule has 0 spiro atoms. The first-order valence-corrected chi connectivity index (χ1v) is 6.11. The number of rotatable bonds is 3. The van der Waals surface area contributed by atoms with Crippen molar-refractivity contribution in [2.24, 2.45) is 0 Å². The van der Waals surface area contributed by atoms with Crippen LogP contribution in [0.25, 0.3) is 11.0 Å². The van der Waals surface area contributed by atoms with Crippen molar-refractivity contribution in [3.05, 3.63) is 60.0 Å². The van der Waals surface area contributed by atoms with Gasteiger partial charge in [-0.3, -0.25) is 4.79 Å². The number of hydrogen-bond donors (Lipinski definition) is 1. The number of nitrogens with one attached hydrogen (secondary N) is 1. The Kier molecular flexibility index (Phi) is 3.16.